The summed E-state index contributed by atoms with van der Waals surface area (Å²) in [5, 5.41) is 0. The molecule has 0 N–H and O–H groups in total. The Morgan fingerprint density at radius 2 is 1.54 bits per heavy atom. The Hall–Kier alpha value is -2.89. The standard InChI is InChI=1S/C22H25FN2O3/c1-17(15-18-7-9-20(23)10-8-18)21(26)24-11-13-25(14-12-24)22(27)28-16-19-5-3-2-4-6-19/h2-10,17H,11-16H2,1H3. The number of benzene rings is 2. The molecular formula is C22H25FN2O3. The van der Waals surface area contributed by atoms with Crippen LogP contribution in [0, 0.1) is 11.7 Å². The van der Waals surface area contributed by atoms with Crippen molar-refractivity contribution >= 4 is 12.0 Å². The van der Waals surface area contributed by atoms with Gasteiger partial charge in [-0.25, -0.2) is 9.18 Å². The lowest BCUT2D eigenvalue weighted by Gasteiger charge is -2.35. The number of halogens is 1. The molecule has 1 fully saturated rings. The molecule has 1 unspecified atom stereocenters. The van der Waals surface area contributed by atoms with E-state index in [2.05, 4.69) is 0 Å². The molecule has 148 valence electrons. The highest BCUT2D eigenvalue weighted by molar-refractivity contribution is 5.79. The highest BCUT2D eigenvalue weighted by Gasteiger charge is 2.27. The third-order valence-electron chi connectivity index (χ3n) is 4.93. The molecule has 0 radical (unpaired) electrons. The monoisotopic (exact) mass is 384 g/mol. The summed E-state index contributed by atoms with van der Waals surface area (Å²) >= 11 is 0. The molecule has 28 heavy (non-hydrogen) atoms. The van der Waals surface area contributed by atoms with Crippen LogP contribution in [0.1, 0.15) is 18.1 Å². The van der Waals surface area contributed by atoms with Gasteiger partial charge >= 0.3 is 6.09 Å². The summed E-state index contributed by atoms with van der Waals surface area (Å²) < 4.78 is 18.4. The largest absolute Gasteiger partial charge is 0.445 e. The van der Waals surface area contributed by atoms with Crippen molar-refractivity contribution in [1.29, 1.82) is 0 Å². The lowest BCUT2D eigenvalue weighted by Crippen LogP contribution is -2.52. The van der Waals surface area contributed by atoms with Gasteiger partial charge in [-0.1, -0.05) is 49.4 Å². The van der Waals surface area contributed by atoms with Gasteiger partial charge in [0.1, 0.15) is 12.4 Å². The minimum atomic E-state index is -0.352. The molecule has 5 nitrogen and oxygen atoms in total. The van der Waals surface area contributed by atoms with Crippen molar-refractivity contribution in [2.75, 3.05) is 26.2 Å². The van der Waals surface area contributed by atoms with Gasteiger partial charge < -0.3 is 14.5 Å². The quantitative estimate of drug-likeness (QED) is 0.793. The summed E-state index contributed by atoms with van der Waals surface area (Å²) in [6.45, 7) is 4.03. The van der Waals surface area contributed by atoms with Gasteiger partial charge in [0.2, 0.25) is 5.91 Å². The molecule has 1 aliphatic rings. The van der Waals surface area contributed by atoms with Crippen molar-refractivity contribution in [2.45, 2.75) is 20.0 Å². The number of hydrogen-bond acceptors (Lipinski definition) is 3. The van der Waals surface area contributed by atoms with Gasteiger partial charge in [-0.2, -0.15) is 0 Å². The van der Waals surface area contributed by atoms with E-state index in [0.29, 0.717) is 32.6 Å². The second-order valence-corrected chi connectivity index (χ2v) is 7.08. The van der Waals surface area contributed by atoms with Gasteiger partial charge in [0.25, 0.3) is 0 Å². The number of ether oxygens (including phenoxy) is 1. The summed E-state index contributed by atoms with van der Waals surface area (Å²) in [6, 6.07) is 15.8. The maximum atomic E-state index is 13.0. The topological polar surface area (TPSA) is 49.9 Å². The summed E-state index contributed by atoms with van der Waals surface area (Å²) in [7, 11) is 0. The molecule has 1 saturated heterocycles. The lowest BCUT2D eigenvalue weighted by atomic mass is 9.99. The zero-order chi connectivity index (χ0) is 19.9. The van der Waals surface area contributed by atoms with E-state index in [-0.39, 0.29) is 30.3 Å². The average molecular weight is 384 g/mol. The van der Waals surface area contributed by atoms with E-state index in [1.165, 1.54) is 12.1 Å². The van der Waals surface area contributed by atoms with E-state index in [4.69, 9.17) is 4.74 Å². The predicted molar refractivity (Wildman–Crippen MR) is 104 cm³/mol. The Bertz CT molecular complexity index is 787. The van der Waals surface area contributed by atoms with Gasteiger partial charge in [0.05, 0.1) is 0 Å². The van der Waals surface area contributed by atoms with Crippen LogP contribution in [0.2, 0.25) is 0 Å². The van der Waals surface area contributed by atoms with Crippen LogP contribution in [-0.2, 0) is 22.6 Å². The first kappa shape index (κ1) is 19.9. The zero-order valence-corrected chi connectivity index (χ0v) is 16.0. The number of hydrogen-bond donors (Lipinski definition) is 0. The Kier molecular flexibility index (Phi) is 6.63. The van der Waals surface area contributed by atoms with E-state index < -0.39 is 0 Å². The molecule has 1 aliphatic heterocycles. The smallest absolute Gasteiger partial charge is 0.410 e. The van der Waals surface area contributed by atoms with Gasteiger partial charge in [-0.15, -0.1) is 0 Å². The number of amides is 2. The Morgan fingerprint density at radius 3 is 2.18 bits per heavy atom. The molecule has 3 rings (SSSR count). The third kappa shape index (κ3) is 5.31. The van der Waals surface area contributed by atoms with Crippen molar-refractivity contribution < 1.29 is 18.7 Å². The molecule has 2 aromatic carbocycles. The van der Waals surface area contributed by atoms with Crippen molar-refractivity contribution in [2.24, 2.45) is 5.92 Å². The molecule has 0 saturated carbocycles. The predicted octanol–water partition coefficient (Wildman–Crippen LogP) is 3.49. The normalized spacial score (nSPS) is 15.2. The number of carbonyl (C=O) groups excluding carboxylic acids is 2. The highest BCUT2D eigenvalue weighted by atomic mass is 19.1. The maximum absolute atomic E-state index is 13.0. The van der Waals surface area contributed by atoms with Gasteiger partial charge in [-0.05, 0) is 29.7 Å². The van der Waals surface area contributed by atoms with Gasteiger partial charge in [-0.3, -0.25) is 4.79 Å². The fourth-order valence-corrected chi connectivity index (χ4v) is 3.29. The van der Waals surface area contributed by atoms with Crippen LogP contribution in [-0.4, -0.2) is 48.0 Å². The Balaban J connectivity index is 1.44. The van der Waals surface area contributed by atoms with Crippen molar-refractivity contribution in [3.8, 4) is 0 Å². The van der Waals surface area contributed by atoms with Crippen LogP contribution < -0.4 is 0 Å². The summed E-state index contributed by atoms with van der Waals surface area (Å²) in [5.41, 5.74) is 1.88. The van der Waals surface area contributed by atoms with Crippen molar-refractivity contribution in [3.05, 3.63) is 71.5 Å². The van der Waals surface area contributed by atoms with Crippen LogP contribution >= 0.6 is 0 Å². The van der Waals surface area contributed by atoms with Gasteiger partial charge in [0.15, 0.2) is 0 Å². The van der Waals surface area contributed by atoms with Crippen molar-refractivity contribution in [3.63, 3.8) is 0 Å². The van der Waals surface area contributed by atoms with Crippen molar-refractivity contribution in [1.82, 2.24) is 9.80 Å². The maximum Gasteiger partial charge on any atom is 0.410 e. The highest BCUT2D eigenvalue weighted by Crippen LogP contribution is 2.15. The summed E-state index contributed by atoms with van der Waals surface area (Å²) in [4.78, 5) is 28.3. The van der Waals surface area contributed by atoms with E-state index in [1.54, 1.807) is 21.9 Å². The Labute approximate surface area is 164 Å². The molecule has 2 amide bonds. The fourth-order valence-electron chi connectivity index (χ4n) is 3.29. The zero-order valence-electron chi connectivity index (χ0n) is 16.0. The molecule has 1 heterocycles. The Morgan fingerprint density at radius 1 is 0.929 bits per heavy atom. The molecule has 2 aromatic rings. The third-order valence-corrected chi connectivity index (χ3v) is 4.93. The first-order valence-electron chi connectivity index (χ1n) is 9.52. The average Bonchev–Trinajstić information content (AvgIpc) is 2.74. The lowest BCUT2D eigenvalue weighted by molar-refractivity contribution is -0.136. The molecule has 0 aromatic heterocycles. The van der Waals surface area contributed by atoms with Crippen LogP contribution in [0.4, 0.5) is 9.18 Å². The second-order valence-electron chi connectivity index (χ2n) is 7.08. The van der Waals surface area contributed by atoms with Crippen LogP contribution in [0.25, 0.3) is 0 Å². The van der Waals surface area contributed by atoms with E-state index in [0.717, 1.165) is 11.1 Å². The number of piperazine rings is 1. The molecule has 1 atom stereocenters. The molecule has 0 aliphatic carbocycles. The van der Waals surface area contributed by atoms with E-state index in [9.17, 15) is 14.0 Å². The van der Waals surface area contributed by atoms with Crippen LogP contribution in [0.5, 0.6) is 0 Å². The minimum Gasteiger partial charge on any atom is -0.445 e. The minimum absolute atomic E-state index is 0.0571. The first-order valence-corrected chi connectivity index (χ1v) is 9.52. The SMILES string of the molecule is CC(Cc1ccc(F)cc1)C(=O)N1CCN(C(=O)OCc2ccccc2)CC1. The number of rotatable bonds is 5. The second kappa shape index (κ2) is 9.35. The molecule has 0 bridgehead atoms. The summed E-state index contributed by atoms with van der Waals surface area (Å²) in [5.74, 6) is -0.415. The van der Waals surface area contributed by atoms with E-state index in [1.807, 2.05) is 37.3 Å². The van der Waals surface area contributed by atoms with Crippen LogP contribution in [0.15, 0.2) is 54.6 Å². The molecule has 0 spiro atoms. The number of nitrogens with zero attached hydrogens (tertiary/aromatic N) is 2. The fraction of sp³-hybridized carbons (Fsp3) is 0.364. The molecule has 6 heteroatoms. The molecular weight excluding hydrogens is 359 g/mol. The van der Waals surface area contributed by atoms with Crippen LogP contribution in [0.3, 0.4) is 0 Å². The van der Waals surface area contributed by atoms with Gasteiger partial charge in [0, 0.05) is 32.1 Å². The summed E-state index contributed by atoms with van der Waals surface area (Å²) in [6.07, 6.45) is 0.216. The van der Waals surface area contributed by atoms with E-state index >= 15 is 0 Å². The first-order chi connectivity index (χ1) is 13.5. The number of carbonyl (C=O) groups is 2.